The van der Waals surface area contributed by atoms with Crippen molar-refractivity contribution in [2.75, 3.05) is 14.2 Å². The number of pyridine rings is 1. The summed E-state index contributed by atoms with van der Waals surface area (Å²) in [7, 11) is 3.13. The van der Waals surface area contributed by atoms with Gasteiger partial charge < -0.3 is 19.3 Å². The molecule has 2 aliphatic carbocycles. The predicted octanol–water partition coefficient (Wildman–Crippen LogP) is 2.35. The van der Waals surface area contributed by atoms with Gasteiger partial charge in [-0.3, -0.25) is 9.78 Å². The van der Waals surface area contributed by atoms with Crippen molar-refractivity contribution in [1.82, 2.24) is 4.98 Å². The van der Waals surface area contributed by atoms with Gasteiger partial charge in [0.25, 0.3) is 0 Å². The summed E-state index contributed by atoms with van der Waals surface area (Å²) in [5.41, 5.74) is 1.08. The van der Waals surface area contributed by atoms with Crippen LogP contribution in [0.25, 0.3) is 10.8 Å². The second-order valence-electron chi connectivity index (χ2n) is 7.27. The van der Waals surface area contributed by atoms with Gasteiger partial charge in [0.1, 0.15) is 11.8 Å². The molecule has 1 N–H and O–H groups in total. The summed E-state index contributed by atoms with van der Waals surface area (Å²) in [6, 6.07) is 3.76. The van der Waals surface area contributed by atoms with Gasteiger partial charge in [0.2, 0.25) is 5.79 Å². The molecule has 1 aromatic carbocycles. The SMILES string of the molecule is COc1cc2ccnc3c2c2c1O[C@]1(OC)C[C@]2(CC[C@H]1O)CC3=O. The van der Waals surface area contributed by atoms with Crippen LogP contribution in [0.5, 0.6) is 11.5 Å². The van der Waals surface area contributed by atoms with E-state index in [1.165, 1.54) is 0 Å². The molecule has 0 unspecified atom stereocenters. The van der Waals surface area contributed by atoms with E-state index in [0.717, 1.165) is 16.3 Å². The second kappa shape index (κ2) is 4.71. The first kappa shape index (κ1) is 15.1. The van der Waals surface area contributed by atoms with Crippen LogP contribution in [0.3, 0.4) is 0 Å². The number of rotatable bonds is 2. The number of ether oxygens (including phenoxy) is 3. The number of benzene rings is 1. The van der Waals surface area contributed by atoms with Crippen LogP contribution in [0, 0.1) is 0 Å². The van der Waals surface area contributed by atoms with Crippen LogP contribution in [0.15, 0.2) is 18.3 Å². The second-order valence-corrected chi connectivity index (χ2v) is 7.27. The molecular formula is C19H19NO5. The Morgan fingerprint density at radius 1 is 1.40 bits per heavy atom. The molecule has 1 aromatic heterocycles. The van der Waals surface area contributed by atoms with Gasteiger partial charge in [0, 0.05) is 42.5 Å². The number of fused-ring (bicyclic) bond motifs is 1. The summed E-state index contributed by atoms with van der Waals surface area (Å²) in [6.07, 6.45) is 2.95. The molecule has 2 bridgehead atoms. The Bertz CT molecular complexity index is 926. The molecule has 2 aromatic rings. The zero-order valence-electron chi connectivity index (χ0n) is 14.2. The lowest BCUT2D eigenvalue weighted by Crippen LogP contribution is -2.61. The standard InChI is InChI=1S/C19H19NO5/c1-23-12-7-10-4-6-20-16-11(21)8-18-5-3-13(22)19(9-18,24-2)25-17(12)15(18)14(10)16/h4,6-7,13,22H,3,5,8-9H2,1-2H3/t13-,18+,19-/m1/s1. The highest BCUT2D eigenvalue weighted by Crippen LogP contribution is 2.61. The number of carbonyl (C=O) groups excluding carboxylic acids is 1. The van der Waals surface area contributed by atoms with E-state index >= 15 is 0 Å². The van der Waals surface area contributed by atoms with Crippen LogP contribution >= 0.6 is 0 Å². The lowest BCUT2D eigenvalue weighted by Gasteiger charge is -2.54. The van der Waals surface area contributed by atoms with Crippen molar-refractivity contribution in [3.8, 4) is 11.5 Å². The van der Waals surface area contributed by atoms with Gasteiger partial charge >= 0.3 is 0 Å². The molecule has 3 atom stereocenters. The normalized spacial score (nSPS) is 32.4. The van der Waals surface area contributed by atoms with E-state index in [9.17, 15) is 9.90 Å². The number of hydrogen-bond donors (Lipinski definition) is 1. The third-order valence-electron chi connectivity index (χ3n) is 6.09. The highest BCUT2D eigenvalue weighted by Gasteiger charge is 2.60. The van der Waals surface area contributed by atoms with E-state index in [1.807, 2.05) is 12.1 Å². The molecule has 3 aliphatic rings. The minimum absolute atomic E-state index is 0.0394. The molecule has 0 amide bonds. The van der Waals surface area contributed by atoms with Gasteiger partial charge in [-0.1, -0.05) is 0 Å². The van der Waals surface area contributed by atoms with Crippen molar-refractivity contribution in [2.45, 2.75) is 43.0 Å². The van der Waals surface area contributed by atoms with Crippen molar-refractivity contribution in [3.63, 3.8) is 0 Å². The van der Waals surface area contributed by atoms with Crippen LogP contribution in [0.4, 0.5) is 0 Å². The van der Waals surface area contributed by atoms with Crippen LogP contribution in [0.1, 0.15) is 41.7 Å². The fraction of sp³-hybridized carbons (Fsp3) is 0.474. The number of hydrogen-bond acceptors (Lipinski definition) is 6. The Morgan fingerprint density at radius 3 is 3.00 bits per heavy atom. The lowest BCUT2D eigenvalue weighted by molar-refractivity contribution is -0.260. The minimum atomic E-state index is -1.15. The molecule has 1 spiro atoms. The predicted molar refractivity (Wildman–Crippen MR) is 89.1 cm³/mol. The van der Waals surface area contributed by atoms with Gasteiger partial charge in [0.15, 0.2) is 17.3 Å². The molecule has 5 rings (SSSR count). The topological polar surface area (TPSA) is 77.9 Å². The highest BCUT2D eigenvalue weighted by molar-refractivity contribution is 6.12. The van der Waals surface area contributed by atoms with Gasteiger partial charge in [-0.15, -0.1) is 0 Å². The molecule has 1 fully saturated rings. The van der Waals surface area contributed by atoms with E-state index in [2.05, 4.69) is 4.98 Å². The number of aliphatic hydroxyl groups is 1. The summed E-state index contributed by atoms with van der Waals surface area (Å²) < 4.78 is 17.5. The Kier molecular flexibility index (Phi) is 2.84. The minimum Gasteiger partial charge on any atom is -0.493 e. The lowest BCUT2D eigenvalue weighted by atomic mass is 9.59. The number of aliphatic hydroxyl groups excluding tert-OH is 1. The van der Waals surface area contributed by atoms with Crippen molar-refractivity contribution in [2.24, 2.45) is 0 Å². The van der Waals surface area contributed by atoms with E-state index in [0.29, 0.717) is 42.9 Å². The molecule has 6 heteroatoms. The first-order valence-electron chi connectivity index (χ1n) is 8.49. The highest BCUT2D eigenvalue weighted by atomic mass is 16.7. The molecule has 1 aliphatic heterocycles. The fourth-order valence-electron chi connectivity index (χ4n) is 4.95. The number of ketones is 1. The zero-order chi connectivity index (χ0) is 17.4. The Labute approximate surface area is 144 Å². The smallest absolute Gasteiger partial charge is 0.237 e. The van der Waals surface area contributed by atoms with Crippen molar-refractivity contribution >= 4 is 16.6 Å². The molecule has 25 heavy (non-hydrogen) atoms. The first-order valence-corrected chi connectivity index (χ1v) is 8.49. The van der Waals surface area contributed by atoms with E-state index < -0.39 is 17.3 Å². The molecule has 6 nitrogen and oxygen atoms in total. The molecule has 2 heterocycles. The molecular weight excluding hydrogens is 322 g/mol. The van der Waals surface area contributed by atoms with E-state index in [4.69, 9.17) is 14.2 Å². The van der Waals surface area contributed by atoms with Crippen molar-refractivity contribution in [3.05, 3.63) is 29.6 Å². The van der Waals surface area contributed by atoms with Crippen LogP contribution in [0.2, 0.25) is 0 Å². The number of Topliss-reactive ketones (excluding diaryl/α,β-unsaturated/α-hetero) is 1. The average molecular weight is 341 g/mol. The van der Waals surface area contributed by atoms with E-state index in [1.54, 1.807) is 20.4 Å². The van der Waals surface area contributed by atoms with Crippen molar-refractivity contribution < 1.29 is 24.1 Å². The Hall–Kier alpha value is -2.18. The Balaban J connectivity index is 1.93. The summed E-state index contributed by atoms with van der Waals surface area (Å²) in [5, 5.41) is 12.4. The van der Waals surface area contributed by atoms with Crippen LogP contribution < -0.4 is 9.47 Å². The van der Waals surface area contributed by atoms with Gasteiger partial charge in [0.05, 0.1) is 7.11 Å². The maximum atomic E-state index is 12.9. The maximum Gasteiger partial charge on any atom is 0.237 e. The van der Waals surface area contributed by atoms with Gasteiger partial charge in [-0.05, 0) is 30.4 Å². The average Bonchev–Trinajstić information content (AvgIpc) is 2.63. The van der Waals surface area contributed by atoms with Crippen LogP contribution in [-0.2, 0) is 10.2 Å². The summed E-state index contributed by atoms with van der Waals surface area (Å²) >= 11 is 0. The van der Waals surface area contributed by atoms with E-state index in [-0.39, 0.29) is 5.78 Å². The number of carbonyl (C=O) groups is 1. The summed E-state index contributed by atoms with van der Waals surface area (Å²) in [6.45, 7) is 0. The fourth-order valence-corrected chi connectivity index (χ4v) is 4.95. The maximum absolute atomic E-state index is 12.9. The first-order chi connectivity index (χ1) is 12.0. The van der Waals surface area contributed by atoms with Gasteiger partial charge in [-0.2, -0.15) is 0 Å². The third kappa shape index (κ3) is 1.71. The number of nitrogens with zero attached hydrogens (tertiary/aromatic N) is 1. The largest absolute Gasteiger partial charge is 0.493 e. The third-order valence-corrected chi connectivity index (χ3v) is 6.09. The number of aromatic nitrogens is 1. The quantitative estimate of drug-likeness (QED) is 0.903. The van der Waals surface area contributed by atoms with Crippen LogP contribution in [-0.4, -0.2) is 42.0 Å². The summed E-state index contributed by atoms with van der Waals surface area (Å²) in [5.74, 6) is 0.0568. The zero-order valence-corrected chi connectivity index (χ0v) is 14.2. The summed E-state index contributed by atoms with van der Waals surface area (Å²) in [4.78, 5) is 17.2. The van der Waals surface area contributed by atoms with Crippen molar-refractivity contribution in [1.29, 1.82) is 0 Å². The number of methoxy groups -OCH3 is 2. The Morgan fingerprint density at radius 2 is 2.24 bits per heavy atom. The molecule has 0 radical (unpaired) electrons. The van der Waals surface area contributed by atoms with Gasteiger partial charge in [-0.25, -0.2) is 0 Å². The molecule has 0 saturated heterocycles. The monoisotopic (exact) mass is 341 g/mol. The molecule has 1 saturated carbocycles. The molecule has 130 valence electrons.